The second-order valence-electron chi connectivity index (χ2n) is 2.61. The number of alkyl halides is 2. The third-order valence-electron chi connectivity index (χ3n) is 1.68. The Morgan fingerprint density at radius 2 is 2.20 bits per heavy atom. The van der Waals surface area contributed by atoms with Crippen molar-refractivity contribution in [2.24, 2.45) is 0 Å². The summed E-state index contributed by atoms with van der Waals surface area (Å²) in [5.41, 5.74) is -2.33. The number of pyridine rings is 1. The van der Waals surface area contributed by atoms with Gasteiger partial charge in [-0.05, 0) is 6.07 Å². The number of aromatic carboxylic acids is 1. The number of carbonyl (C=O) groups is 1. The summed E-state index contributed by atoms with van der Waals surface area (Å²) in [5, 5.41) is 8.65. The summed E-state index contributed by atoms with van der Waals surface area (Å²) >= 11 is 0. The number of aromatic nitrogens is 1. The summed E-state index contributed by atoms with van der Waals surface area (Å²) in [4.78, 5) is 23.6. The van der Waals surface area contributed by atoms with Gasteiger partial charge in [-0.1, -0.05) is 0 Å². The summed E-state index contributed by atoms with van der Waals surface area (Å²) in [5.74, 6) is -1.99. The number of carboxylic acids is 1. The minimum Gasteiger partial charge on any atom is -0.490 e. The standard InChI is InChI=1S/C8H7F2NO4/c1-15-5-3(8(13)14)2-4(6(9)10)11-7(5)12/h2,6H,1H3,(H,11,12)(H,13,14). The normalized spacial score (nSPS) is 10.4. The monoisotopic (exact) mass is 219 g/mol. The number of nitrogens with one attached hydrogen (secondary N) is 1. The third kappa shape index (κ3) is 2.12. The van der Waals surface area contributed by atoms with Crippen molar-refractivity contribution in [1.29, 1.82) is 0 Å². The molecule has 1 aromatic heterocycles. The molecule has 0 aliphatic rings. The van der Waals surface area contributed by atoms with Crippen LogP contribution in [0.3, 0.4) is 0 Å². The molecule has 1 aromatic rings. The number of rotatable bonds is 3. The van der Waals surface area contributed by atoms with Crippen molar-refractivity contribution in [3.05, 3.63) is 27.7 Å². The Morgan fingerprint density at radius 1 is 1.60 bits per heavy atom. The topological polar surface area (TPSA) is 79.4 Å². The average molecular weight is 219 g/mol. The second-order valence-corrected chi connectivity index (χ2v) is 2.61. The number of halogens is 2. The fraction of sp³-hybridized carbons (Fsp3) is 0.250. The van der Waals surface area contributed by atoms with Gasteiger partial charge in [-0.15, -0.1) is 0 Å². The van der Waals surface area contributed by atoms with E-state index in [-0.39, 0.29) is 0 Å². The zero-order valence-corrected chi connectivity index (χ0v) is 7.58. The molecule has 0 bridgehead atoms. The maximum Gasteiger partial charge on any atom is 0.339 e. The molecule has 0 saturated carbocycles. The molecule has 0 aliphatic carbocycles. The molecule has 0 aliphatic heterocycles. The quantitative estimate of drug-likeness (QED) is 0.795. The third-order valence-corrected chi connectivity index (χ3v) is 1.68. The minimum atomic E-state index is -2.94. The maximum atomic E-state index is 12.2. The van der Waals surface area contributed by atoms with E-state index < -0.39 is 35.0 Å². The van der Waals surface area contributed by atoms with Crippen LogP contribution in [-0.4, -0.2) is 23.2 Å². The van der Waals surface area contributed by atoms with Crippen molar-refractivity contribution < 1.29 is 23.4 Å². The second kappa shape index (κ2) is 4.07. The predicted octanol–water partition coefficient (Wildman–Crippen LogP) is 1.02. The summed E-state index contributed by atoms with van der Waals surface area (Å²) in [6, 6.07) is 0.674. The van der Waals surface area contributed by atoms with Gasteiger partial charge in [-0.2, -0.15) is 0 Å². The van der Waals surface area contributed by atoms with Gasteiger partial charge in [0.2, 0.25) is 0 Å². The molecule has 2 N–H and O–H groups in total. The molecule has 82 valence electrons. The van der Waals surface area contributed by atoms with E-state index >= 15 is 0 Å². The smallest absolute Gasteiger partial charge is 0.339 e. The van der Waals surface area contributed by atoms with Crippen LogP contribution in [-0.2, 0) is 0 Å². The average Bonchev–Trinajstić information content (AvgIpc) is 2.16. The van der Waals surface area contributed by atoms with Crippen LogP contribution in [0.4, 0.5) is 8.78 Å². The van der Waals surface area contributed by atoms with E-state index in [0.717, 1.165) is 7.11 Å². The Hall–Kier alpha value is -1.92. The first-order valence-electron chi connectivity index (χ1n) is 3.80. The van der Waals surface area contributed by atoms with Crippen LogP contribution in [0.25, 0.3) is 0 Å². The molecule has 1 heterocycles. The van der Waals surface area contributed by atoms with Gasteiger partial charge in [0.15, 0.2) is 5.75 Å². The maximum absolute atomic E-state index is 12.2. The number of aromatic amines is 1. The zero-order valence-electron chi connectivity index (χ0n) is 7.58. The van der Waals surface area contributed by atoms with Gasteiger partial charge in [-0.25, -0.2) is 13.6 Å². The summed E-state index contributed by atoms with van der Waals surface area (Å²) in [6.07, 6.45) is -2.94. The molecule has 1 rings (SSSR count). The molecular formula is C8H7F2NO4. The lowest BCUT2D eigenvalue weighted by molar-refractivity contribution is 0.0692. The minimum absolute atomic E-state index is 0.494. The van der Waals surface area contributed by atoms with Gasteiger partial charge in [0.05, 0.1) is 12.8 Å². The van der Waals surface area contributed by atoms with Crippen LogP contribution in [0.1, 0.15) is 22.5 Å². The highest BCUT2D eigenvalue weighted by molar-refractivity contribution is 5.90. The molecule has 0 atom stereocenters. The Balaban J connectivity index is 3.46. The number of H-pyrrole nitrogens is 1. The van der Waals surface area contributed by atoms with E-state index in [0.29, 0.717) is 6.07 Å². The van der Waals surface area contributed by atoms with E-state index in [1.165, 1.54) is 0 Å². The van der Waals surface area contributed by atoms with Crippen molar-refractivity contribution in [3.8, 4) is 5.75 Å². The van der Waals surface area contributed by atoms with Gasteiger partial charge in [-0.3, -0.25) is 4.79 Å². The van der Waals surface area contributed by atoms with E-state index in [1.54, 1.807) is 0 Å². The van der Waals surface area contributed by atoms with Crippen LogP contribution < -0.4 is 10.3 Å². The molecule has 0 aromatic carbocycles. The van der Waals surface area contributed by atoms with Crippen molar-refractivity contribution in [2.75, 3.05) is 7.11 Å². The number of hydrogen-bond acceptors (Lipinski definition) is 3. The first kappa shape index (κ1) is 11.2. The Bertz CT molecular complexity index is 441. The van der Waals surface area contributed by atoms with E-state index in [9.17, 15) is 18.4 Å². The van der Waals surface area contributed by atoms with Gasteiger partial charge in [0, 0.05) is 0 Å². The van der Waals surface area contributed by atoms with E-state index in [1.807, 2.05) is 4.98 Å². The highest BCUT2D eigenvalue weighted by Gasteiger charge is 2.19. The molecule has 15 heavy (non-hydrogen) atoms. The first-order chi connectivity index (χ1) is 6.97. The van der Waals surface area contributed by atoms with Crippen molar-refractivity contribution in [3.63, 3.8) is 0 Å². The molecule has 0 radical (unpaired) electrons. The lowest BCUT2D eigenvalue weighted by atomic mass is 10.2. The highest BCUT2D eigenvalue weighted by Crippen LogP contribution is 2.20. The van der Waals surface area contributed by atoms with Crippen LogP contribution in [0, 0.1) is 0 Å². The van der Waals surface area contributed by atoms with Crippen LogP contribution >= 0.6 is 0 Å². The number of ether oxygens (including phenoxy) is 1. The molecule has 0 fully saturated rings. The van der Waals surface area contributed by atoms with Crippen LogP contribution in [0.15, 0.2) is 10.9 Å². The number of methoxy groups -OCH3 is 1. The molecule has 0 amide bonds. The Morgan fingerprint density at radius 3 is 2.60 bits per heavy atom. The first-order valence-corrected chi connectivity index (χ1v) is 3.80. The molecule has 5 nitrogen and oxygen atoms in total. The summed E-state index contributed by atoms with van der Waals surface area (Å²) in [7, 11) is 1.08. The lowest BCUT2D eigenvalue weighted by Gasteiger charge is -2.06. The van der Waals surface area contributed by atoms with Crippen molar-refractivity contribution in [1.82, 2.24) is 4.98 Å². The van der Waals surface area contributed by atoms with Gasteiger partial charge < -0.3 is 14.8 Å². The predicted molar refractivity (Wildman–Crippen MR) is 45.5 cm³/mol. The van der Waals surface area contributed by atoms with Gasteiger partial charge in [0.25, 0.3) is 12.0 Å². The molecule has 0 unspecified atom stereocenters. The Kier molecular flexibility index (Phi) is 3.03. The van der Waals surface area contributed by atoms with E-state index in [4.69, 9.17) is 5.11 Å². The van der Waals surface area contributed by atoms with Crippen molar-refractivity contribution in [2.45, 2.75) is 6.43 Å². The molecule has 0 saturated heterocycles. The van der Waals surface area contributed by atoms with Crippen LogP contribution in [0.2, 0.25) is 0 Å². The highest BCUT2D eigenvalue weighted by atomic mass is 19.3. The fourth-order valence-electron chi connectivity index (χ4n) is 1.05. The number of hydrogen-bond donors (Lipinski definition) is 2. The molecule has 7 heteroatoms. The van der Waals surface area contributed by atoms with Crippen molar-refractivity contribution >= 4 is 5.97 Å². The SMILES string of the molecule is COc1c(C(=O)O)cc(C(F)F)[nH]c1=O. The van der Waals surface area contributed by atoms with E-state index in [2.05, 4.69) is 4.74 Å². The lowest BCUT2D eigenvalue weighted by Crippen LogP contribution is -2.17. The van der Waals surface area contributed by atoms with Crippen LogP contribution in [0.5, 0.6) is 5.75 Å². The summed E-state index contributed by atoms with van der Waals surface area (Å²) in [6.45, 7) is 0. The molecular weight excluding hydrogens is 212 g/mol. The largest absolute Gasteiger partial charge is 0.490 e. The van der Waals surface area contributed by atoms with Gasteiger partial charge >= 0.3 is 5.97 Å². The van der Waals surface area contributed by atoms with Gasteiger partial charge in [0.1, 0.15) is 5.56 Å². The Labute approximate surface area is 82.3 Å². The fourth-order valence-corrected chi connectivity index (χ4v) is 1.05. The summed E-state index contributed by atoms with van der Waals surface area (Å²) < 4.78 is 28.9. The zero-order chi connectivity index (χ0) is 11.6. The molecule has 0 spiro atoms. The number of carboxylic acid groups (broad SMARTS) is 1.